The second-order valence-corrected chi connectivity index (χ2v) is 6.97. The van der Waals surface area contributed by atoms with Crippen LogP contribution in [-0.2, 0) is 19.2 Å². The molecule has 0 spiro atoms. The van der Waals surface area contributed by atoms with Gasteiger partial charge in [-0.3, -0.25) is 24.4 Å². The molecule has 15 nitrogen and oxygen atoms in total. The summed E-state index contributed by atoms with van der Waals surface area (Å²) in [6.45, 7) is 0.452. The van der Waals surface area contributed by atoms with E-state index in [4.69, 9.17) is 34.4 Å². The molecular weight excluding hydrogens is 424 g/mol. The quantitative estimate of drug-likeness (QED) is 0.0609. The lowest BCUT2D eigenvalue weighted by molar-refractivity contribution is -0.142. The van der Waals surface area contributed by atoms with E-state index in [0.29, 0.717) is 6.42 Å². The minimum absolute atomic E-state index is 0.0403. The Bertz CT molecular complexity index is 704. The first-order valence-electron chi connectivity index (χ1n) is 9.92. The molecule has 0 aliphatic rings. The number of carboxylic acid groups (broad SMARTS) is 1. The maximum absolute atomic E-state index is 12.6. The van der Waals surface area contributed by atoms with E-state index in [1.807, 2.05) is 0 Å². The van der Waals surface area contributed by atoms with Crippen LogP contribution in [0, 0.1) is 0 Å². The van der Waals surface area contributed by atoms with Crippen LogP contribution < -0.4 is 45.0 Å². The van der Waals surface area contributed by atoms with Gasteiger partial charge >= 0.3 is 5.97 Å². The molecule has 0 heterocycles. The number of nitrogens with one attached hydrogen (secondary N) is 2. The van der Waals surface area contributed by atoms with Gasteiger partial charge in [-0.2, -0.15) is 0 Å². The van der Waals surface area contributed by atoms with Gasteiger partial charge in [0.1, 0.15) is 12.1 Å². The fourth-order valence-corrected chi connectivity index (χ4v) is 2.52. The lowest BCUT2D eigenvalue weighted by Gasteiger charge is -2.22. The molecule has 0 rings (SSSR count). The van der Waals surface area contributed by atoms with Crippen molar-refractivity contribution >= 4 is 35.6 Å². The molecule has 15 N–H and O–H groups in total. The second-order valence-electron chi connectivity index (χ2n) is 6.97. The number of carboxylic acids is 1. The highest BCUT2D eigenvalue weighted by molar-refractivity contribution is 5.92. The Morgan fingerprint density at radius 2 is 1.25 bits per heavy atom. The molecule has 0 aromatic rings. The average Bonchev–Trinajstić information content (AvgIpc) is 2.69. The van der Waals surface area contributed by atoms with Crippen molar-refractivity contribution in [2.75, 3.05) is 13.1 Å². The Labute approximate surface area is 185 Å². The van der Waals surface area contributed by atoms with Gasteiger partial charge in [-0.1, -0.05) is 0 Å². The molecule has 0 fully saturated rings. The van der Waals surface area contributed by atoms with E-state index in [0.717, 1.165) is 0 Å². The molecule has 32 heavy (non-hydrogen) atoms. The van der Waals surface area contributed by atoms with Gasteiger partial charge in [0.25, 0.3) is 0 Å². The third-order valence-corrected chi connectivity index (χ3v) is 4.18. The van der Waals surface area contributed by atoms with Crippen molar-refractivity contribution in [1.29, 1.82) is 0 Å². The van der Waals surface area contributed by atoms with E-state index in [9.17, 15) is 24.3 Å². The summed E-state index contributed by atoms with van der Waals surface area (Å²) in [6.07, 6.45) is 0.637. The standard InChI is InChI=1S/C17H34N10O5/c18-9(3-1-7-24-16(20)21)13(29)26-10(5-6-12(19)28)14(30)27-11(15(31)32)4-2-8-25-17(22)23/h9-11H,1-8,18H2,(H2,19,28)(H,26,29)(H,27,30)(H,31,32)(H4,20,21,24)(H4,22,23,25)/t9-,10+,11-/m0/s1. The summed E-state index contributed by atoms with van der Waals surface area (Å²) in [5.41, 5.74) is 31.8. The normalized spacial score (nSPS) is 13.2. The number of aliphatic carboxylic acids is 1. The maximum atomic E-state index is 12.6. The van der Waals surface area contributed by atoms with Crippen molar-refractivity contribution in [1.82, 2.24) is 10.6 Å². The Morgan fingerprint density at radius 1 is 0.750 bits per heavy atom. The third-order valence-electron chi connectivity index (χ3n) is 4.18. The Kier molecular flexibility index (Phi) is 13.5. The van der Waals surface area contributed by atoms with E-state index in [1.54, 1.807) is 0 Å². The van der Waals surface area contributed by atoms with Gasteiger partial charge in [-0.25, -0.2) is 4.79 Å². The first-order valence-corrected chi connectivity index (χ1v) is 9.92. The number of guanidine groups is 2. The molecule has 0 saturated carbocycles. The Balaban J connectivity index is 5.00. The van der Waals surface area contributed by atoms with Crippen molar-refractivity contribution < 1.29 is 24.3 Å². The highest BCUT2D eigenvalue weighted by Crippen LogP contribution is 2.04. The fraction of sp³-hybridized carbons (Fsp3) is 0.647. The number of nitrogens with zero attached hydrogens (tertiary/aromatic N) is 2. The van der Waals surface area contributed by atoms with Crippen molar-refractivity contribution in [2.24, 2.45) is 44.4 Å². The lowest BCUT2D eigenvalue weighted by atomic mass is 10.1. The van der Waals surface area contributed by atoms with E-state index in [2.05, 4.69) is 20.6 Å². The van der Waals surface area contributed by atoms with Gasteiger partial charge in [0.15, 0.2) is 11.9 Å². The number of hydrogen-bond donors (Lipinski definition) is 9. The number of carbonyl (C=O) groups is 4. The van der Waals surface area contributed by atoms with Gasteiger partial charge in [-0.15, -0.1) is 0 Å². The number of rotatable bonds is 16. The summed E-state index contributed by atoms with van der Waals surface area (Å²) in [5, 5.41) is 14.1. The van der Waals surface area contributed by atoms with Crippen LogP contribution in [0.4, 0.5) is 0 Å². The summed E-state index contributed by atoms with van der Waals surface area (Å²) < 4.78 is 0. The van der Waals surface area contributed by atoms with Gasteiger partial charge < -0.3 is 50.1 Å². The number of amides is 3. The zero-order chi connectivity index (χ0) is 24.7. The first kappa shape index (κ1) is 28.4. The number of carbonyl (C=O) groups excluding carboxylic acids is 3. The summed E-state index contributed by atoms with van der Waals surface area (Å²) in [5.74, 6) is -3.63. The molecule has 0 saturated heterocycles. The fourth-order valence-electron chi connectivity index (χ4n) is 2.52. The molecule has 0 aromatic heterocycles. The smallest absolute Gasteiger partial charge is 0.326 e. The topological polar surface area (TPSA) is 293 Å². The second kappa shape index (κ2) is 15.2. The summed E-state index contributed by atoms with van der Waals surface area (Å²) in [7, 11) is 0. The van der Waals surface area contributed by atoms with Gasteiger partial charge in [0, 0.05) is 19.5 Å². The van der Waals surface area contributed by atoms with Crippen LogP contribution in [0.1, 0.15) is 38.5 Å². The van der Waals surface area contributed by atoms with Crippen molar-refractivity contribution in [3.63, 3.8) is 0 Å². The van der Waals surface area contributed by atoms with E-state index in [1.165, 1.54) is 0 Å². The average molecular weight is 459 g/mol. The molecule has 0 bridgehead atoms. The van der Waals surface area contributed by atoms with Crippen LogP contribution in [0.5, 0.6) is 0 Å². The van der Waals surface area contributed by atoms with Crippen LogP contribution in [0.2, 0.25) is 0 Å². The Morgan fingerprint density at radius 3 is 1.72 bits per heavy atom. The number of hydrogen-bond acceptors (Lipinski definition) is 7. The summed E-state index contributed by atoms with van der Waals surface area (Å²) in [4.78, 5) is 55.1. The highest BCUT2D eigenvalue weighted by atomic mass is 16.4. The van der Waals surface area contributed by atoms with Crippen LogP contribution in [0.3, 0.4) is 0 Å². The van der Waals surface area contributed by atoms with Crippen molar-refractivity contribution in [3.05, 3.63) is 0 Å². The number of nitrogens with two attached hydrogens (primary N) is 6. The van der Waals surface area contributed by atoms with Gasteiger partial charge in [0.2, 0.25) is 17.7 Å². The third kappa shape index (κ3) is 13.6. The minimum atomic E-state index is -1.28. The van der Waals surface area contributed by atoms with E-state index in [-0.39, 0.29) is 57.1 Å². The van der Waals surface area contributed by atoms with Crippen LogP contribution in [0.15, 0.2) is 9.98 Å². The molecule has 3 atom stereocenters. The van der Waals surface area contributed by atoms with Gasteiger partial charge in [-0.05, 0) is 32.1 Å². The predicted molar refractivity (Wildman–Crippen MR) is 118 cm³/mol. The van der Waals surface area contributed by atoms with Crippen molar-refractivity contribution in [2.45, 2.75) is 56.7 Å². The molecule has 0 radical (unpaired) electrons. The van der Waals surface area contributed by atoms with Gasteiger partial charge in [0.05, 0.1) is 6.04 Å². The number of primary amides is 1. The minimum Gasteiger partial charge on any atom is -0.480 e. The largest absolute Gasteiger partial charge is 0.480 e. The van der Waals surface area contributed by atoms with Crippen LogP contribution >= 0.6 is 0 Å². The molecular formula is C17H34N10O5. The highest BCUT2D eigenvalue weighted by Gasteiger charge is 2.28. The maximum Gasteiger partial charge on any atom is 0.326 e. The molecule has 0 aliphatic heterocycles. The lowest BCUT2D eigenvalue weighted by Crippen LogP contribution is -2.54. The van der Waals surface area contributed by atoms with Crippen LogP contribution in [0.25, 0.3) is 0 Å². The monoisotopic (exact) mass is 458 g/mol. The molecule has 0 unspecified atom stereocenters. The predicted octanol–water partition coefficient (Wildman–Crippen LogP) is -4.26. The SMILES string of the molecule is NC(=O)CC[C@@H](NC(=O)[C@@H](N)CCCN=C(N)N)C(=O)N[C@@H](CCCN=C(N)N)C(=O)O. The van der Waals surface area contributed by atoms with Crippen LogP contribution in [-0.4, -0.2) is 71.9 Å². The Hall–Kier alpha value is -3.62. The molecule has 0 aromatic carbocycles. The van der Waals surface area contributed by atoms with Crippen molar-refractivity contribution in [3.8, 4) is 0 Å². The summed E-state index contributed by atoms with van der Waals surface area (Å²) >= 11 is 0. The first-order chi connectivity index (χ1) is 14.9. The molecule has 182 valence electrons. The molecule has 0 aliphatic carbocycles. The zero-order valence-electron chi connectivity index (χ0n) is 17.8. The van der Waals surface area contributed by atoms with E-state index < -0.39 is 41.8 Å². The summed E-state index contributed by atoms with van der Waals surface area (Å²) in [6, 6.07) is -3.43. The molecule has 15 heteroatoms. The molecule has 3 amide bonds. The number of aliphatic imine (C=N–C) groups is 2. The zero-order valence-corrected chi connectivity index (χ0v) is 17.8. The van der Waals surface area contributed by atoms with E-state index >= 15 is 0 Å².